The van der Waals surface area contributed by atoms with E-state index < -0.39 is 11.5 Å². The number of fused-ring (bicyclic) bond motifs is 3. The van der Waals surface area contributed by atoms with Crippen molar-refractivity contribution in [1.82, 2.24) is 4.57 Å². The molecule has 182 valence electrons. The first-order valence-electron chi connectivity index (χ1n) is 11.4. The van der Waals surface area contributed by atoms with E-state index in [1.807, 2.05) is 13.0 Å². The summed E-state index contributed by atoms with van der Waals surface area (Å²) in [5.74, 6) is 1.50. The van der Waals surface area contributed by atoms with Crippen LogP contribution >= 0.6 is 0 Å². The van der Waals surface area contributed by atoms with Crippen LogP contribution in [0.1, 0.15) is 22.8 Å². The Bertz CT molecular complexity index is 1590. The van der Waals surface area contributed by atoms with E-state index >= 15 is 0 Å². The van der Waals surface area contributed by atoms with Crippen LogP contribution in [0.4, 0.5) is 0 Å². The highest BCUT2D eigenvalue weighted by molar-refractivity contribution is 6.07. The van der Waals surface area contributed by atoms with Crippen molar-refractivity contribution in [2.24, 2.45) is 0 Å². The number of aromatic carboxylic acids is 1. The summed E-state index contributed by atoms with van der Waals surface area (Å²) in [5.41, 5.74) is 1.20. The highest BCUT2D eigenvalue weighted by atomic mass is 16.7. The van der Waals surface area contributed by atoms with Gasteiger partial charge in [0.1, 0.15) is 11.3 Å². The van der Waals surface area contributed by atoms with Gasteiger partial charge in [-0.1, -0.05) is 12.1 Å². The van der Waals surface area contributed by atoms with Gasteiger partial charge >= 0.3 is 5.97 Å². The maximum absolute atomic E-state index is 13.7. The van der Waals surface area contributed by atoms with Gasteiger partial charge in [0.25, 0.3) is 5.56 Å². The molecule has 0 saturated heterocycles. The molecule has 0 bridgehead atoms. The third kappa shape index (κ3) is 3.56. The molecule has 36 heavy (non-hydrogen) atoms. The van der Waals surface area contributed by atoms with Crippen molar-refractivity contribution < 1.29 is 33.6 Å². The molecule has 0 atom stereocenters. The van der Waals surface area contributed by atoms with Crippen LogP contribution < -0.4 is 29.2 Å². The fourth-order valence-corrected chi connectivity index (χ4v) is 4.62. The molecule has 0 radical (unpaired) electrons. The first-order chi connectivity index (χ1) is 17.5. The molecule has 0 aliphatic carbocycles. The molecule has 6 rings (SSSR count). The SMILES string of the molecule is CCOc1ccc2c(c1)c(-c1ccc3c(c1)OCO3)c(C(=O)O)c(=O)n2Cc1ccc2c(c1)OCO2. The van der Waals surface area contributed by atoms with Crippen LogP contribution in [0, 0.1) is 0 Å². The van der Waals surface area contributed by atoms with Gasteiger partial charge in [-0.2, -0.15) is 0 Å². The summed E-state index contributed by atoms with van der Waals surface area (Å²) in [6, 6.07) is 15.8. The molecule has 0 amide bonds. The van der Waals surface area contributed by atoms with Crippen LogP contribution in [0.2, 0.25) is 0 Å². The van der Waals surface area contributed by atoms with Crippen molar-refractivity contribution in [3.63, 3.8) is 0 Å². The van der Waals surface area contributed by atoms with Gasteiger partial charge in [-0.25, -0.2) is 4.79 Å². The Hall–Kier alpha value is -4.66. The Balaban J connectivity index is 1.61. The van der Waals surface area contributed by atoms with Crippen molar-refractivity contribution in [3.05, 3.63) is 76.1 Å². The number of rotatable bonds is 6. The number of benzene rings is 3. The Labute approximate surface area is 205 Å². The lowest BCUT2D eigenvalue weighted by Crippen LogP contribution is -2.28. The number of carbonyl (C=O) groups is 1. The molecule has 4 aromatic rings. The van der Waals surface area contributed by atoms with E-state index in [-0.39, 0.29) is 25.7 Å². The van der Waals surface area contributed by atoms with E-state index in [0.717, 1.165) is 5.56 Å². The molecular formula is C27H21NO8. The lowest BCUT2D eigenvalue weighted by atomic mass is 9.95. The molecule has 3 aromatic carbocycles. The summed E-state index contributed by atoms with van der Waals surface area (Å²) in [6.45, 7) is 2.66. The van der Waals surface area contributed by atoms with E-state index in [4.69, 9.17) is 23.7 Å². The zero-order chi connectivity index (χ0) is 24.8. The second-order valence-corrected chi connectivity index (χ2v) is 8.31. The van der Waals surface area contributed by atoms with Crippen LogP contribution in [0.25, 0.3) is 22.0 Å². The Morgan fingerprint density at radius 1 is 0.917 bits per heavy atom. The summed E-state index contributed by atoms with van der Waals surface area (Å²) in [7, 11) is 0. The average molecular weight is 487 g/mol. The van der Waals surface area contributed by atoms with Gasteiger partial charge in [-0.3, -0.25) is 4.79 Å². The molecule has 0 saturated carbocycles. The molecule has 0 spiro atoms. The van der Waals surface area contributed by atoms with Gasteiger partial charge in [-0.15, -0.1) is 0 Å². The fraction of sp³-hybridized carbons (Fsp3) is 0.185. The fourth-order valence-electron chi connectivity index (χ4n) is 4.62. The third-order valence-electron chi connectivity index (χ3n) is 6.20. The normalized spacial score (nSPS) is 13.2. The number of nitrogens with zero attached hydrogens (tertiary/aromatic N) is 1. The van der Waals surface area contributed by atoms with Crippen molar-refractivity contribution in [2.75, 3.05) is 20.2 Å². The van der Waals surface area contributed by atoms with Crippen molar-refractivity contribution in [3.8, 4) is 39.9 Å². The highest BCUT2D eigenvalue weighted by Gasteiger charge is 2.26. The standard InChI is InChI=1S/C27H21NO8/c1-2-32-17-5-6-19-18(11-17)24(16-4-8-21-23(10-16)36-14-34-21)25(27(30)31)26(29)28(19)12-15-3-7-20-22(9-15)35-13-33-20/h3-11H,2,12-14H2,1H3,(H,30,31). The Kier molecular flexibility index (Phi) is 5.18. The first-order valence-corrected chi connectivity index (χ1v) is 11.4. The van der Waals surface area contributed by atoms with E-state index in [2.05, 4.69) is 0 Å². The monoisotopic (exact) mass is 487 g/mol. The lowest BCUT2D eigenvalue weighted by molar-refractivity contribution is 0.0695. The Morgan fingerprint density at radius 2 is 1.61 bits per heavy atom. The highest BCUT2D eigenvalue weighted by Crippen LogP contribution is 2.40. The summed E-state index contributed by atoms with van der Waals surface area (Å²) in [5, 5.41) is 10.8. The van der Waals surface area contributed by atoms with Crippen LogP contribution in [0.5, 0.6) is 28.7 Å². The molecule has 3 heterocycles. The number of aromatic nitrogens is 1. The first kappa shape index (κ1) is 21.8. The van der Waals surface area contributed by atoms with Crippen LogP contribution in [0.15, 0.2) is 59.4 Å². The number of hydrogen-bond donors (Lipinski definition) is 1. The largest absolute Gasteiger partial charge is 0.494 e. The van der Waals surface area contributed by atoms with E-state index in [0.29, 0.717) is 57.4 Å². The predicted octanol–water partition coefficient (Wildman–Crippen LogP) is 4.27. The average Bonchev–Trinajstić information content (AvgIpc) is 3.54. The number of pyridine rings is 1. The summed E-state index contributed by atoms with van der Waals surface area (Å²) in [6.07, 6.45) is 0. The van der Waals surface area contributed by atoms with Crippen molar-refractivity contribution in [1.29, 1.82) is 0 Å². The molecular weight excluding hydrogens is 466 g/mol. The maximum atomic E-state index is 13.7. The van der Waals surface area contributed by atoms with Gasteiger partial charge in [0, 0.05) is 10.9 Å². The minimum atomic E-state index is -1.32. The molecule has 1 aromatic heterocycles. The van der Waals surface area contributed by atoms with E-state index in [9.17, 15) is 14.7 Å². The molecule has 9 heteroatoms. The number of carboxylic acid groups (broad SMARTS) is 1. The van der Waals surface area contributed by atoms with E-state index in [1.165, 1.54) is 4.57 Å². The minimum absolute atomic E-state index is 0.0803. The number of hydrogen-bond acceptors (Lipinski definition) is 7. The van der Waals surface area contributed by atoms with Gasteiger partial charge in [-0.05, 0) is 60.5 Å². The minimum Gasteiger partial charge on any atom is -0.494 e. The smallest absolute Gasteiger partial charge is 0.342 e. The number of carboxylic acids is 1. The van der Waals surface area contributed by atoms with Crippen molar-refractivity contribution in [2.45, 2.75) is 13.5 Å². The number of ether oxygens (including phenoxy) is 5. The predicted molar refractivity (Wildman–Crippen MR) is 130 cm³/mol. The van der Waals surface area contributed by atoms with Crippen LogP contribution in [-0.4, -0.2) is 35.8 Å². The topological polar surface area (TPSA) is 105 Å². The third-order valence-corrected chi connectivity index (χ3v) is 6.20. The molecule has 1 N–H and O–H groups in total. The van der Waals surface area contributed by atoms with Gasteiger partial charge in [0.2, 0.25) is 13.6 Å². The molecule has 0 fully saturated rings. The second-order valence-electron chi connectivity index (χ2n) is 8.31. The Morgan fingerprint density at radius 3 is 2.33 bits per heavy atom. The molecule has 9 nitrogen and oxygen atoms in total. The zero-order valence-corrected chi connectivity index (χ0v) is 19.3. The lowest BCUT2D eigenvalue weighted by Gasteiger charge is -2.18. The second kappa shape index (κ2) is 8.53. The summed E-state index contributed by atoms with van der Waals surface area (Å²) < 4.78 is 28.9. The summed E-state index contributed by atoms with van der Waals surface area (Å²) >= 11 is 0. The molecule has 0 unspecified atom stereocenters. The quantitative estimate of drug-likeness (QED) is 0.430. The van der Waals surface area contributed by atoms with Gasteiger partial charge in [0.05, 0.1) is 18.7 Å². The van der Waals surface area contributed by atoms with Crippen LogP contribution in [-0.2, 0) is 6.54 Å². The van der Waals surface area contributed by atoms with Crippen molar-refractivity contribution >= 4 is 16.9 Å². The van der Waals surface area contributed by atoms with E-state index in [1.54, 1.807) is 48.5 Å². The zero-order valence-electron chi connectivity index (χ0n) is 19.3. The summed E-state index contributed by atoms with van der Waals surface area (Å²) in [4.78, 5) is 26.3. The van der Waals surface area contributed by atoms with Gasteiger partial charge in [0.15, 0.2) is 23.0 Å². The maximum Gasteiger partial charge on any atom is 0.342 e. The molecule has 2 aliphatic rings. The van der Waals surface area contributed by atoms with Crippen LogP contribution in [0.3, 0.4) is 0 Å². The molecule has 2 aliphatic heterocycles. The van der Waals surface area contributed by atoms with Gasteiger partial charge < -0.3 is 33.4 Å².